The molecule has 0 atom stereocenters. The van der Waals surface area contributed by atoms with E-state index in [2.05, 4.69) is 5.32 Å². The predicted molar refractivity (Wildman–Crippen MR) is 39.0 cm³/mol. The highest BCUT2D eigenvalue weighted by atomic mass is 32.2. The minimum atomic E-state index is -3.27. The van der Waals surface area contributed by atoms with Gasteiger partial charge in [0.05, 0.1) is 5.25 Å². The number of rotatable bonds is 1. The van der Waals surface area contributed by atoms with E-state index in [1.165, 1.54) is 0 Å². The molecule has 60 valence electrons. The molecule has 1 aliphatic rings. The zero-order chi connectivity index (χ0) is 7.61. The molecule has 1 aliphatic heterocycles. The Balaban J connectivity index is 2.56. The molecule has 0 aliphatic carbocycles. The average Bonchev–Trinajstić information content (AvgIpc) is 1.88. The van der Waals surface area contributed by atoms with Crippen LogP contribution in [-0.4, -0.2) is 26.8 Å². The van der Waals surface area contributed by atoms with Crippen molar-refractivity contribution in [1.82, 2.24) is 5.32 Å². The zero-order valence-electron chi connectivity index (χ0n) is 5.71. The van der Waals surface area contributed by atoms with Gasteiger partial charge in [-0.2, -0.15) is 0 Å². The molecule has 0 spiro atoms. The maximum Gasteiger partial charge on any atom is 0.212 e. The summed E-state index contributed by atoms with van der Waals surface area (Å²) in [5.41, 5.74) is 0. The molecule has 1 fully saturated rings. The highest BCUT2D eigenvalue weighted by Gasteiger charge is 2.22. The third kappa shape index (κ3) is 1.93. The summed E-state index contributed by atoms with van der Waals surface area (Å²) in [5, 5.41) is 7.71. The maximum absolute atomic E-state index is 10.7. The molecule has 1 heterocycles. The topological polar surface area (TPSA) is 72.2 Å². The third-order valence-corrected chi connectivity index (χ3v) is 3.15. The molecule has 0 saturated carbocycles. The number of nitrogens with two attached hydrogens (primary N) is 1. The van der Waals surface area contributed by atoms with Gasteiger partial charge in [-0.3, -0.25) is 0 Å². The first-order chi connectivity index (χ1) is 4.61. The number of hydrogen-bond donors (Lipinski definition) is 2. The van der Waals surface area contributed by atoms with Crippen LogP contribution in [0.3, 0.4) is 0 Å². The molecule has 10 heavy (non-hydrogen) atoms. The normalized spacial score (nSPS) is 22.9. The van der Waals surface area contributed by atoms with Crippen LogP contribution in [-0.2, 0) is 10.0 Å². The van der Waals surface area contributed by atoms with Crippen LogP contribution in [0.4, 0.5) is 0 Å². The minimum absolute atomic E-state index is 0.311. The molecule has 0 radical (unpaired) electrons. The van der Waals surface area contributed by atoms with E-state index in [0.717, 1.165) is 13.1 Å². The Hall–Kier alpha value is -0.130. The smallest absolute Gasteiger partial charge is 0.212 e. The van der Waals surface area contributed by atoms with E-state index in [1.54, 1.807) is 0 Å². The van der Waals surface area contributed by atoms with Crippen molar-refractivity contribution in [3.63, 3.8) is 0 Å². The molecule has 1 rings (SSSR count). The van der Waals surface area contributed by atoms with Crippen molar-refractivity contribution in [3.8, 4) is 0 Å². The van der Waals surface area contributed by atoms with E-state index in [0.29, 0.717) is 12.8 Å². The fourth-order valence-electron chi connectivity index (χ4n) is 1.12. The Morgan fingerprint density at radius 1 is 1.30 bits per heavy atom. The van der Waals surface area contributed by atoms with Gasteiger partial charge < -0.3 is 5.32 Å². The molecule has 0 unspecified atom stereocenters. The molecule has 0 aromatic carbocycles. The van der Waals surface area contributed by atoms with Crippen molar-refractivity contribution >= 4 is 10.0 Å². The number of sulfonamides is 1. The zero-order valence-corrected chi connectivity index (χ0v) is 6.52. The average molecular weight is 164 g/mol. The van der Waals surface area contributed by atoms with Gasteiger partial charge in [-0.15, -0.1) is 0 Å². The van der Waals surface area contributed by atoms with Gasteiger partial charge in [-0.25, -0.2) is 13.6 Å². The second kappa shape index (κ2) is 2.86. The van der Waals surface area contributed by atoms with Gasteiger partial charge in [0.1, 0.15) is 0 Å². The van der Waals surface area contributed by atoms with Gasteiger partial charge in [-0.05, 0) is 25.9 Å². The summed E-state index contributed by atoms with van der Waals surface area (Å²) in [7, 11) is -3.27. The van der Waals surface area contributed by atoms with Crippen molar-refractivity contribution in [2.24, 2.45) is 5.14 Å². The minimum Gasteiger partial charge on any atom is -0.317 e. The summed E-state index contributed by atoms with van der Waals surface area (Å²) in [6.45, 7) is 1.53. The molecule has 5 heteroatoms. The fraction of sp³-hybridized carbons (Fsp3) is 1.00. The van der Waals surface area contributed by atoms with Crippen LogP contribution in [0.2, 0.25) is 0 Å². The summed E-state index contributed by atoms with van der Waals surface area (Å²) in [5.74, 6) is 0. The van der Waals surface area contributed by atoms with Crippen molar-refractivity contribution in [1.29, 1.82) is 0 Å². The molecule has 0 bridgehead atoms. The summed E-state index contributed by atoms with van der Waals surface area (Å²) >= 11 is 0. The van der Waals surface area contributed by atoms with Gasteiger partial charge in [0, 0.05) is 0 Å². The van der Waals surface area contributed by atoms with Crippen molar-refractivity contribution in [3.05, 3.63) is 0 Å². The van der Waals surface area contributed by atoms with E-state index in [-0.39, 0.29) is 5.25 Å². The van der Waals surface area contributed by atoms with Gasteiger partial charge in [0.25, 0.3) is 0 Å². The fourth-order valence-corrected chi connectivity index (χ4v) is 2.02. The Bertz CT molecular complexity index is 194. The Labute approximate surface area is 60.8 Å². The van der Waals surface area contributed by atoms with E-state index in [9.17, 15) is 8.42 Å². The summed E-state index contributed by atoms with van der Waals surface area (Å²) in [6.07, 6.45) is 1.30. The molecule has 0 amide bonds. The first-order valence-corrected chi connectivity index (χ1v) is 4.94. The lowest BCUT2D eigenvalue weighted by Crippen LogP contribution is -2.38. The molecular formula is C5H12N2O2S. The lowest BCUT2D eigenvalue weighted by molar-refractivity contribution is 0.497. The van der Waals surface area contributed by atoms with E-state index < -0.39 is 10.0 Å². The van der Waals surface area contributed by atoms with Gasteiger partial charge >= 0.3 is 0 Å². The van der Waals surface area contributed by atoms with Crippen LogP contribution in [0.15, 0.2) is 0 Å². The molecular weight excluding hydrogens is 152 g/mol. The lowest BCUT2D eigenvalue weighted by atomic mass is 10.2. The van der Waals surface area contributed by atoms with Crippen LogP contribution in [0.5, 0.6) is 0 Å². The molecule has 3 N–H and O–H groups in total. The van der Waals surface area contributed by atoms with Crippen LogP contribution < -0.4 is 10.5 Å². The highest BCUT2D eigenvalue weighted by Crippen LogP contribution is 2.08. The Kier molecular flexibility index (Phi) is 2.28. The lowest BCUT2D eigenvalue weighted by Gasteiger charge is -2.19. The predicted octanol–water partition coefficient (Wildman–Crippen LogP) is -0.973. The number of nitrogens with one attached hydrogen (secondary N) is 1. The van der Waals surface area contributed by atoms with Crippen LogP contribution >= 0.6 is 0 Å². The second-order valence-electron chi connectivity index (χ2n) is 2.54. The van der Waals surface area contributed by atoms with Crippen LogP contribution in [0.25, 0.3) is 0 Å². The van der Waals surface area contributed by atoms with Crippen molar-refractivity contribution in [2.75, 3.05) is 13.1 Å². The standard InChI is InChI=1S/C5H12N2O2S/c6-10(8,9)5-1-3-7-4-2-5/h5,7H,1-4H2,(H2,6,8,9). The first-order valence-electron chi connectivity index (χ1n) is 3.33. The monoisotopic (exact) mass is 164 g/mol. The van der Waals surface area contributed by atoms with E-state index in [4.69, 9.17) is 5.14 Å². The molecule has 0 aromatic heterocycles. The second-order valence-corrected chi connectivity index (χ2v) is 4.38. The van der Waals surface area contributed by atoms with Gasteiger partial charge in [-0.1, -0.05) is 0 Å². The molecule has 0 aromatic rings. The summed E-state index contributed by atoms with van der Waals surface area (Å²) in [4.78, 5) is 0. The van der Waals surface area contributed by atoms with E-state index >= 15 is 0 Å². The third-order valence-electron chi connectivity index (χ3n) is 1.75. The number of piperidine rings is 1. The number of primary sulfonamides is 1. The Morgan fingerprint density at radius 3 is 2.10 bits per heavy atom. The van der Waals surface area contributed by atoms with E-state index in [1.807, 2.05) is 0 Å². The maximum atomic E-state index is 10.7. The van der Waals surface area contributed by atoms with Gasteiger partial charge in [0.15, 0.2) is 0 Å². The van der Waals surface area contributed by atoms with Gasteiger partial charge in [0.2, 0.25) is 10.0 Å². The quantitative estimate of drug-likeness (QED) is 0.523. The van der Waals surface area contributed by atoms with Crippen LogP contribution in [0.1, 0.15) is 12.8 Å². The molecule has 1 saturated heterocycles. The Morgan fingerprint density at radius 2 is 1.80 bits per heavy atom. The largest absolute Gasteiger partial charge is 0.317 e. The summed E-state index contributed by atoms with van der Waals surface area (Å²) in [6, 6.07) is 0. The number of hydrogen-bond acceptors (Lipinski definition) is 3. The van der Waals surface area contributed by atoms with Crippen molar-refractivity contribution in [2.45, 2.75) is 18.1 Å². The summed E-state index contributed by atoms with van der Waals surface area (Å²) < 4.78 is 21.5. The van der Waals surface area contributed by atoms with Crippen LogP contribution in [0, 0.1) is 0 Å². The highest BCUT2D eigenvalue weighted by molar-refractivity contribution is 7.89. The SMILES string of the molecule is NS(=O)(=O)C1CCNCC1. The molecule has 4 nitrogen and oxygen atoms in total. The first kappa shape index (κ1) is 7.97. The van der Waals surface area contributed by atoms with Crippen molar-refractivity contribution < 1.29 is 8.42 Å².